The zero-order valence-corrected chi connectivity index (χ0v) is 15.3. The highest BCUT2D eigenvalue weighted by Gasteiger charge is 2.52. The van der Waals surface area contributed by atoms with Crippen molar-refractivity contribution in [3.63, 3.8) is 0 Å². The van der Waals surface area contributed by atoms with E-state index in [0.29, 0.717) is 23.7 Å². The van der Waals surface area contributed by atoms with Gasteiger partial charge in [0.05, 0.1) is 32.8 Å². The van der Waals surface area contributed by atoms with Crippen molar-refractivity contribution in [2.24, 2.45) is 23.7 Å². The van der Waals surface area contributed by atoms with E-state index in [-0.39, 0.29) is 0 Å². The molecule has 0 bridgehead atoms. The SMILES string of the molecule is CC(C)CC1COC2(CCCC3(C2)OCC(C(C)C)CO3)OC1. The number of rotatable bonds is 3. The molecule has 2 saturated heterocycles. The molecule has 0 aromatic carbocycles. The fourth-order valence-electron chi connectivity index (χ4n) is 4.13. The third kappa shape index (κ3) is 4.09. The highest BCUT2D eigenvalue weighted by molar-refractivity contribution is 4.91. The molecule has 0 radical (unpaired) electrons. The van der Waals surface area contributed by atoms with Crippen LogP contribution in [0.25, 0.3) is 0 Å². The first-order valence-corrected chi connectivity index (χ1v) is 9.48. The molecule has 4 nitrogen and oxygen atoms in total. The van der Waals surface area contributed by atoms with Gasteiger partial charge in [-0.05, 0) is 24.7 Å². The molecule has 1 saturated carbocycles. The first-order valence-electron chi connectivity index (χ1n) is 9.48. The van der Waals surface area contributed by atoms with E-state index in [2.05, 4.69) is 27.7 Å². The second-order valence-electron chi connectivity index (χ2n) is 8.60. The molecule has 134 valence electrons. The minimum absolute atomic E-state index is 0.476. The van der Waals surface area contributed by atoms with Gasteiger partial charge in [-0.15, -0.1) is 0 Å². The van der Waals surface area contributed by atoms with E-state index in [9.17, 15) is 0 Å². The summed E-state index contributed by atoms with van der Waals surface area (Å²) in [4.78, 5) is 0. The van der Waals surface area contributed by atoms with Crippen molar-refractivity contribution < 1.29 is 18.9 Å². The van der Waals surface area contributed by atoms with Crippen molar-refractivity contribution in [3.8, 4) is 0 Å². The molecule has 0 N–H and O–H groups in total. The predicted octanol–water partition coefficient (Wildman–Crippen LogP) is 3.98. The van der Waals surface area contributed by atoms with Crippen LogP contribution in [0.4, 0.5) is 0 Å². The van der Waals surface area contributed by atoms with Crippen molar-refractivity contribution in [3.05, 3.63) is 0 Å². The summed E-state index contributed by atoms with van der Waals surface area (Å²) in [5.74, 6) is 1.37. The summed E-state index contributed by atoms with van der Waals surface area (Å²) in [6, 6.07) is 0. The van der Waals surface area contributed by atoms with Crippen molar-refractivity contribution >= 4 is 0 Å². The Balaban J connectivity index is 1.57. The Morgan fingerprint density at radius 2 is 1.35 bits per heavy atom. The first-order chi connectivity index (χ1) is 10.9. The van der Waals surface area contributed by atoms with Crippen LogP contribution in [0.3, 0.4) is 0 Å². The van der Waals surface area contributed by atoms with E-state index < -0.39 is 11.6 Å². The van der Waals surface area contributed by atoms with Crippen LogP contribution in [0, 0.1) is 23.7 Å². The zero-order valence-electron chi connectivity index (χ0n) is 15.3. The van der Waals surface area contributed by atoms with Gasteiger partial charge in [-0.25, -0.2) is 0 Å². The fraction of sp³-hybridized carbons (Fsp3) is 1.00. The average Bonchev–Trinajstić information content (AvgIpc) is 2.50. The lowest BCUT2D eigenvalue weighted by atomic mass is 9.85. The van der Waals surface area contributed by atoms with Crippen LogP contribution in [0.2, 0.25) is 0 Å². The number of ether oxygens (including phenoxy) is 4. The molecule has 2 spiro atoms. The van der Waals surface area contributed by atoms with Gasteiger partial charge in [-0.2, -0.15) is 0 Å². The van der Waals surface area contributed by atoms with Gasteiger partial charge in [0.25, 0.3) is 0 Å². The monoisotopic (exact) mass is 326 g/mol. The second kappa shape index (κ2) is 6.99. The van der Waals surface area contributed by atoms with Crippen LogP contribution in [0.5, 0.6) is 0 Å². The molecular weight excluding hydrogens is 292 g/mol. The summed E-state index contributed by atoms with van der Waals surface area (Å²) in [6.45, 7) is 12.2. The first kappa shape index (κ1) is 17.7. The lowest BCUT2D eigenvalue weighted by Crippen LogP contribution is -2.57. The van der Waals surface area contributed by atoms with Crippen LogP contribution >= 0.6 is 0 Å². The van der Waals surface area contributed by atoms with Crippen molar-refractivity contribution in [2.75, 3.05) is 26.4 Å². The topological polar surface area (TPSA) is 36.9 Å². The van der Waals surface area contributed by atoms with Crippen molar-refractivity contribution in [1.29, 1.82) is 0 Å². The molecule has 3 aliphatic rings. The summed E-state index contributed by atoms with van der Waals surface area (Å²) < 4.78 is 24.9. The minimum Gasteiger partial charge on any atom is -0.349 e. The summed E-state index contributed by atoms with van der Waals surface area (Å²) in [7, 11) is 0. The van der Waals surface area contributed by atoms with Gasteiger partial charge in [0.15, 0.2) is 11.6 Å². The Bertz CT molecular complexity index is 377. The van der Waals surface area contributed by atoms with Gasteiger partial charge in [0, 0.05) is 24.7 Å². The Labute approximate surface area is 141 Å². The third-order valence-corrected chi connectivity index (χ3v) is 5.69. The van der Waals surface area contributed by atoms with Gasteiger partial charge in [0.2, 0.25) is 0 Å². The van der Waals surface area contributed by atoms with E-state index in [1.807, 2.05) is 0 Å². The summed E-state index contributed by atoms with van der Waals surface area (Å²) in [5, 5.41) is 0. The molecule has 0 atom stereocenters. The lowest BCUT2D eigenvalue weighted by molar-refractivity contribution is -0.374. The Morgan fingerprint density at radius 1 is 0.826 bits per heavy atom. The molecule has 2 aliphatic heterocycles. The van der Waals surface area contributed by atoms with E-state index >= 15 is 0 Å². The van der Waals surface area contributed by atoms with Crippen LogP contribution < -0.4 is 0 Å². The van der Waals surface area contributed by atoms with Gasteiger partial charge in [-0.1, -0.05) is 27.7 Å². The molecule has 0 amide bonds. The molecule has 0 unspecified atom stereocenters. The van der Waals surface area contributed by atoms with Crippen molar-refractivity contribution in [1.82, 2.24) is 0 Å². The molecule has 0 aromatic heterocycles. The normalized spacial score (nSPS) is 42.0. The molecule has 1 aliphatic carbocycles. The van der Waals surface area contributed by atoms with Crippen LogP contribution in [-0.4, -0.2) is 38.0 Å². The predicted molar refractivity (Wildman–Crippen MR) is 89.0 cm³/mol. The highest BCUT2D eigenvalue weighted by Crippen LogP contribution is 2.45. The summed E-state index contributed by atoms with van der Waals surface area (Å²) in [6.07, 6.45) is 4.86. The van der Waals surface area contributed by atoms with Crippen LogP contribution in [0.1, 0.15) is 59.8 Å². The lowest BCUT2D eigenvalue weighted by Gasteiger charge is -2.51. The maximum Gasteiger partial charge on any atom is 0.173 e. The summed E-state index contributed by atoms with van der Waals surface area (Å²) >= 11 is 0. The van der Waals surface area contributed by atoms with E-state index in [1.165, 1.54) is 6.42 Å². The fourth-order valence-corrected chi connectivity index (χ4v) is 4.13. The molecular formula is C19H34O4. The molecule has 3 rings (SSSR count). The average molecular weight is 326 g/mol. The maximum atomic E-state index is 6.24. The maximum absolute atomic E-state index is 6.24. The standard InChI is InChI=1S/C19H34O4/c1-14(2)8-16-9-20-18(21-10-16)6-5-7-19(13-18)22-11-17(12-23-19)15(3)4/h14-17H,5-13H2,1-4H3. The van der Waals surface area contributed by atoms with Gasteiger partial charge < -0.3 is 18.9 Å². The van der Waals surface area contributed by atoms with E-state index in [4.69, 9.17) is 18.9 Å². The van der Waals surface area contributed by atoms with Crippen molar-refractivity contribution in [2.45, 2.75) is 71.4 Å². The smallest absolute Gasteiger partial charge is 0.173 e. The molecule has 3 fully saturated rings. The quantitative estimate of drug-likeness (QED) is 0.786. The molecule has 0 aromatic rings. The zero-order chi connectivity index (χ0) is 16.5. The Morgan fingerprint density at radius 3 is 1.83 bits per heavy atom. The molecule has 23 heavy (non-hydrogen) atoms. The van der Waals surface area contributed by atoms with Gasteiger partial charge in [0.1, 0.15) is 0 Å². The Hall–Kier alpha value is -0.160. The third-order valence-electron chi connectivity index (χ3n) is 5.69. The molecule has 4 heteroatoms. The highest BCUT2D eigenvalue weighted by atomic mass is 16.7. The number of hydrogen-bond donors (Lipinski definition) is 0. The largest absolute Gasteiger partial charge is 0.349 e. The van der Waals surface area contributed by atoms with E-state index in [1.54, 1.807) is 0 Å². The summed E-state index contributed by atoms with van der Waals surface area (Å²) in [5.41, 5.74) is 0. The van der Waals surface area contributed by atoms with Crippen LogP contribution in [0.15, 0.2) is 0 Å². The minimum atomic E-state index is -0.478. The second-order valence-corrected chi connectivity index (χ2v) is 8.60. The van der Waals surface area contributed by atoms with Gasteiger partial charge in [-0.3, -0.25) is 0 Å². The van der Waals surface area contributed by atoms with Crippen LogP contribution in [-0.2, 0) is 18.9 Å². The molecule has 2 heterocycles. The van der Waals surface area contributed by atoms with E-state index in [0.717, 1.165) is 52.1 Å². The van der Waals surface area contributed by atoms with Gasteiger partial charge >= 0.3 is 0 Å². The number of hydrogen-bond acceptors (Lipinski definition) is 4. The Kier molecular flexibility index (Phi) is 5.37.